The lowest BCUT2D eigenvalue weighted by molar-refractivity contribution is -0.141. The number of aromatic nitrogens is 1. The summed E-state index contributed by atoms with van der Waals surface area (Å²) in [6, 6.07) is 7.77. The van der Waals surface area contributed by atoms with E-state index >= 15 is 0 Å². The molecule has 4 nitrogen and oxygen atoms in total. The first-order chi connectivity index (χ1) is 10.4. The zero-order valence-electron chi connectivity index (χ0n) is 11.4. The van der Waals surface area contributed by atoms with Crippen LogP contribution in [0.3, 0.4) is 0 Å². The maximum atomic E-state index is 12.8. The number of hydrogen-bond acceptors (Lipinski definition) is 4. The maximum Gasteiger partial charge on any atom is 0.433 e. The van der Waals surface area contributed by atoms with Crippen LogP contribution >= 0.6 is 0 Å². The molecule has 22 heavy (non-hydrogen) atoms. The molecule has 7 heteroatoms. The van der Waals surface area contributed by atoms with Crippen LogP contribution in [0.15, 0.2) is 42.7 Å². The molecule has 1 aromatic heterocycles. The third-order valence-electron chi connectivity index (χ3n) is 3.53. The number of anilines is 2. The van der Waals surface area contributed by atoms with E-state index in [1.807, 2.05) is 0 Å². The lowest BCUT2D eigenvalue weighted by atomic mass is 9.99. The minimum absolute atomic E-state index is 0.319. The third kappa shape index (κ3) is 2.39. The first-order valence-corrected chi connectivity index (χ1v) is 6.51. The van der Waals surface area contributed by atoms with E-state index < -0.39 is 18.0 Å². The Balaban J connectivity index is 2.02. The summed E-state index contributed by atoms with van der Waals surface area (Å²) in [6.45, 7) is 0. The predicted molar refractivity (Wildman–Crippen MR) is 78.5 cm³/mol. The quantitative estimate of drug-likeness (QED) is 0.794. The first kappa shape index (κ1) is 14.4. The highest BCUT2D eigenvalue weighted by Gasteiger charge is 2.33. The SMILES string of the molecule is Nc1cccc2c1C=CN(c1ccnc(C(F)(F)F)c1)C2N. The largest absolute Gasteiger partial charge is 0.433 e. The summed E-state index contributed by atoms with van der Waals surface area (Å²) < 4.78 is 38.3. The van der Waals surface area contributed by atoms with Gasteiger partial charge in [0.15, 0.2) is 0 Å². The molecule has 1 aromatic carbocycles. The topological polar surface area (TPSA) is 68.2 Å². The zero-order valence-corrected chi connectivity index (χ0v) is 11.4. The number of halogens is 3. The standard InChI is InChI=1S/C15H13F3N4/c16-15(17,18)13-8-9(4-6-21-13)22-7-5-10-11(14(22)20)2-1-3-12(10)19/h1-8,14H,19-20H2. The van der Waals surface area contributed by atoms with Gasteiger partial charge in [0.2, 0.25) is 0 Å². The van der Waals surface area contributed by atoms with Crippen LogP contribution < -0.4 is 16.4 Å². The van der Waals surface area contributed by atoms with Crippen LogP contribution in [-0.2, 0) is 6.18 Å². The molecule has 0 spiro atoms. The van der Waals surface area contributed by atoms with E-state index in [1.54, 1.807) is 35.4 Å². The number of alkyl halides is 3. The van der Waals surface area contributed by atoms with Gasteiger partial charge in [-0.1, -0.05) is 12.1 Å². The molecule has 1 unspecified atom stereocenters. The maximum absolute atomic E-state index is 12.8. The van der Waals surface area contributed by atoms with Gasteiger partial charge in [-0.25, -0.2) is 0 Å². The van der Waals surface area contributed by atoms with Gasteiger partial charge in [0.05, 0.1) is 0 Å². The second-order valence-electron chi connectivity index (χ2n) is 4.92. The summed E-state index contributed by atoms with van der Waals surface area (Å²) in [4.78, 5) is 4.91. The van der Waals surface area contributed by atoms with Crippen molar-refractivity contribution in [2.75, 3.05) is 10.6 Å². The average molecular weight is 306 g/mol. The lowest BCUT2D eigenvalue weighted by Crippen LogP contribution is -2.33. The van der Waals surface area contributed by atoms with Gasteiger partial charge in [0.25, 0.3) is 0 Å². The Labute approximate surface area is 124 Å². The van der Waals surface area contributed by atoms with E-state index in [1.165, 1.54) is 6.07 Å². The minimum Gasteiger partial charge on any atom is -0.398 e. The van der Waals surface area contributed by atoms with Gasteiger partial charge >= 0.3 is 6.18 Å². The molecule has 0 saturated carbocycles. The van der Waals surface area contributed by atoms with E-state index in [-0.39, 0.29) is 0 Å². The molecule has 0 bridgehead atoms. The van der Waals surface area contributed by atoms with Crippen molar-refractivity contribution in [1.82, 2.24) is 4.98 Å². The van der Waals surface area contributed by atoms with E-state index in [0.717, 1.165) is 23.4 Å². The Morgan fingerprint density at radius 2 is 1.95 bits per heavy atom. The zero-order chi connectivity index (χ0) is 15.9. The normalized spacial score (nSPS) is 17.5. The Morgan fingerprint density at radius 3 is 2.68 bits per heavy atom. The average Bonchev–Trinajstić information content (AvgIpc) is 2.48. The summed E-state index contributed by atoms with van der Waals surface area (Å²) in [6.07, 6.45) is -0.636. The number of hydrogen-bond donors (Lipinski definition) is 2. The van der Waals surface area contributed by atoms with Crippen LogP contribution in [0.25, 0.3) is 6.08 Å². The minimum atomic E-state index is -4.50. The molecule has 114 valence electrons. The van der Waals surface area contributed by atoms with Crippen LogP contribution in [0.4, 0.5) is 24.5 Å². The summed E-state index contributed by atoms with van der Waals surface area (Å²) in [7, 11) is 0. The first-order valence-electron chi connectivity index (χ1n) is 6.51. The molecule has 2 heterocycles. The van der Waals surface area contributed by atoms with Crippen LogP contribution in [0, 0.1) is 0 Å². The highest BCUT2D eigenvalue weighted by Crippen LogP contribution is 2.35. The predicted octanol–water partition coefficient (Wildman–Crippen LogP) is 3.13. The molecule has 1 aliphatic heterocycles. The van der Waals surface area contributed by atoms with Gasteiger partial charge in [0, 0.05) is 29.3 Å². The summed E-state index contributed by atoms with van der Waals surface area (Å²) in [5, 5.41) is 0. The number of nitrogens with two attached hydrogens (primary N) is 2. The number of rotatable bonds is 1. The molecule has 3 rings (SSSR count). The van der Waals surface area contributed by atoms with Crippen molar-refractivity contribution < 1.29 is 13.2 Å². The van der Waals surface area contributed by atoms with Crippen LogP contribution in [-0.4, -0.2) is 4.98 Å². The van der Waals surface area contributed by atoms with E-state index in [4.69, 9.17) is 11.5 Å². The van der Waals surface area contributed by atoms with Gasteiger partial charge in [-0.05, 0) is 29.8 Å². The summed E-state index contributed by atoms with van der Waals surface area (Å²) >= 11 is 0. The van der Waals surface area contributed by atoms with Gasteiger partial charge in [0.1, 0.15) is 11.9 Å². The summed E-state index contributed by atoms with van der Waals surface area (Å²) in [5.74, 6) is 0. The molecular formula is C15H13F3N4. The Hall–Kier alpha value is -2.54. The van der Waals surface area contributed by atoms with Gasteiger partial charge in [-0.3, -0.25) is 4.98 Å². The van der Waals surface area contributed by atoms with Crippen molar-refractivity contribution in [3.8, 4) is 0 Å². The van der Waals surface area contributed by atoms with Crippen molar-refractivity contribution in [3.63, 3.8) is 0 Å². The fraction of sp³-hybridized carbons (Fsp3) is 0.133. The Kier molecular flexibility index (Phi) is 3.29. The molecule has 0 fully saturated rings. The molecule has 2 aromatic rings. The van der Waals surface area contributed by atoms with E-state index in [2.05, 4.69) is 4.98 Å². The van der Waals surface area contributed by atoms with Crippen LogP contribution in [0.2, 0.25) is 0 Å². The number of benzene rings is 1. The number of nitrogens with zero attached hydrogens (tertiary/aromatic N) is 2. The molecule has 0 saturated heterocycles. The van der Waals surface area contributed by atoms with E-state index in [0.29, 0.717) is 11.4 Å². The fourth-order valence-electron chi connectivity index (χ4n) is 2.43. The van der Waals surface area contributed by atoms with Gasteiger partial charge < -0.3 is 16.4 Å². The molecule has 0 radical (unpaired) electrons. The summed E-state index contributed by atoms with van der Waals surface area (Å²) in [5.41, 5.74) is 13.5. The van der Waals surface area contributed by atoms with Crippen LogP contribution in [0.5, 0.6) is 0 Å². The highest BCUT2D eigenvalue weighted by atomic mass is 19.4. The van der Waals surface area contributed by atoms with E-state index in [9.17, 15) is 13.2 Å². The van der Waals surface area contributed by atoms with Crippen LogP contribution in [0.1, 0.15) is 23.0 Å². The molecule has 1 aliphatic rings. The number of fused-ring (bicyclic) bond motifs is 1. The van der Waals surface area contributed by atoms with Crippen molar-refractivity contribution in [3.05, 3.63) is 59.5 Å². The third-order valence-corrected chi connectivity index (χ3v) is 3.53. The molecule has 4 N–H and O–H groups in total. The fourth-order valence-corrected chi connectivity index (χ4v) is 2.43. The van der Waals surface area contributed by atoms with Crippen molar-refractivity contribution in [1.29, 1.82) is 0 Å². The Bertz CT molecular complexity index is 740. The second kappa shape index (κ2) is 5.03. The highest BCUT2D eigenvalue weighted by molar-refractivity contribution is 5.73. The number of pyridine rings is 1. The molecular weight excluding hydrogens is 293 g/mol. The van der Waals surface area contributed by atoms with Gasteiger partial charge in [-0.15, -0.1) is 0 Å². The smallest absolute Gasteiger partial charge is 0.398 e. The second-order valence-corrected chi connectivity index (χ2v) is 4.92. The molecule has 1 atom stereocenters. The molecule has 0 amide bonds. The lowest BCUT2D eigenvalue weighted by Gasteiger charge is -2.32. The van der Waals surface area contributed by atoms with Gasteiger partial charge in [-0.2, -0.15) is 13.2 Å². The monoisotopic (exact) mass is 306 g/mol. The van der Waals surface area contributed by atoms with Crippen molar-refractivity contribution in [2.45, 2.75) is 12.3 Å². The van der Waals surface area contributed by atoms with Crippen molar-refractivity contribution in [2.24, 2.45) is 5.73 Å². The number of nitrogen functional groups attached to an aromatic ring is 1. The van der Waals surface area contributed by atoms with Crippen molar-refractivity contribution >= 4 is 17.5 Å². The Morgan fingerprint density at radius 1 is 1.18 bits per heavy atom. The molecule has 0 aliphatic carbocycles.